The van der Waals surface area contributed by atoms with Gasteiger partial charge in [0.25, 0.3) is 10.2 Å². The lowest BCUT2D eigenvalue weighted by Gasteiger charge is -2.44. The van der Waals surface area contributed by atoms with Gasteiger partial charge in [-0.05, 0) is 32.2 Å². The van der Waals surface area contributed by atoms with Crippen LogP contribution < -0.4 is 14.8 Å². The smallest absolute Gasteiger partial charge is 0.277 e. The van der Waals surface area contributed by atoms with E-state index in [1.807, 2.05) is 0 Å². The Hall–Kier alpha value is -0.210. The number of hydrogen-bond acceptors (Lipinski definition) is 4. The molecule has 0 aromatic carbocycles. The average molecular weight is 305 g/mol. The molecule has 1 saturated carbocycles. The van der Waals surface area contributed by atoms with Crippen molar-refractivity contribution < 1.29 is 13.2 Å². The van der Waals surface area contributed by atoms with Crippen LogP contribution in [0.15, 0.2) is 0 Å². The van der Waals surface area contributed by atoms with Gasteiger partial charge in [-0.25, -0.2) is 0 Å². The zero-order chi connectivity index (χ0) is 14.5. The largest absolute Gasteiger partial charge is 0.383 e. The topological polar surface area (TPSA) is 79.5 Å². The zero-order valence-electron chi connectivity index (χ0n) is 12.3. The molecule has 1 heterocycles. The lowest BCUT2D eigenvalue weighted by molar-refractivity contribution is 0.165. The fourth-order valence-corrected chi connectivity index (χ4v) is 4.48. The Morgan fingerprint density at radius 3 is 2.75 bits per heavy atom. The molecule has 6 nitrogen and oxygen atoms in total. The minimum Gasteiger partial charge on any atom is -0.383 e. The second kappa shape index (κ2) is 7.17. The van der Waals surface area contributed by atoms with Crippen molar-refractivity contribution in [1.82, 2.24) is 14.8 Å². The molecular weight excluding hydrogens is 278 g/mol. The highest BCUT2D eigenvalue weighted by Crippen LogP contribution is 2.34. The van der Waals surface area contributed by atoms with Crippen molar-refractivity contribution >= 4 is 10.2 Å². The predicted molar refractivity (Wildman–Crippen MR) is 78.8 cm³/mol. The molecule has 1 aliphatic heterocycles. The first kappa shape index (κ1) is 16.2. The van der Waals surface area contributed by atoms with E-state index in [9.17, 15) is 8.42 Å². The van der Waals surface area contributed by atoms with Gasteiger partial charge < -0.3 is 10.1 Å². The van der Waals surface area contributed by atoms with Crippen LogP contribution >= 0.6 is 0 Å². The number of ether oxygens (including phenoxy) is 1. The van der Waals surface area contributed by atoms with E-state index in [4.69, 9.17) is 4.74 Å². The SMILES string of the molecule is COCCNS(=O)(=O)NC1CCNC2(CCCCC2)C1. The molecule has 0 bridgehead atoms. The normalized spacial score (nSPS) is 26.8. The number of hydrogen-bond donors (Lipinski definition) is 3. The molecular formula is C13H27N3O3S. The third kappa shape index (κ3) is 4.66. The molecule has 7 heteroatoms. The van der Waals surface area contributed by atoms with E-state index in [1.54, 1.807) is 7.11 Å². The molecule has 2 aliphatic rings. The molecule has 118 valence electrons. The molecule has 3 N–H and O–H groups in total. The van der Waals surface area contributed by atoms with Gasteiger partial charge in [0.05, 0.1) is 6.61 Å². The summed E-state index contributed by atoms with van der Waals surface area (Å²) in [6, 6.07) is 0.0365. The molecule has 1 saturated heterocycles. The first-order chi connectivity index (χ1) is 9.55. The summed E-state index contributed by atoms with van der Waals surface area (Å²) in [5.41, 5.74) is 0.163. The Morgan fingerprint density at radius 2 is 2.05 bits per heavy atom. The van der Waals surface area contributed by atoms with Gasteiger partial charge in [0, 0.05) is 25.2 Å². The average Bonchev–Trinajstić information content (AvgIpc) is 2.39. The van der Waals surface area contributed by atoms with Crippen LogP contribution in [-0.4, -0.2) is 46.8 Å². The van der Waals surface area contributed by atoms with Crippen LogP contribution in [0.4, 0.5) is 0 Å². The van der Waals surface area contributed by atoms with Gasteiger partial charge in [-0.1, -0.05) is 19.3 Å². The summed E-state index contributed by atoms with van der Waals surface area (Å²) in [5, 5.41) is 3.63. The summed E-state index contributed by atoms with van der Waals surface area (Å²) in [6.45, 7) is 1.59. The maximum absolute atomic E-state index is 11.9. The molecule has 0 aromatic rings. The van der Waals surface area contributed by atoms with Crippen molar-refractivity contribution in [1.29, 1.82) is 0 Å². The number of nitrogens with one attached hydrogen (secondary N) is 3. The summed E-state index contributed by atoms with van der Waals surface area (Å²) in [7, 11) is -1.86. The van der Waals surface area contributed by atoms with E-state index in [2.05, 4.69) is 14.8 Å². The van der Waals surface area contributed by atoms with Crippen LogP contribution in [0.5, 0.6) is 0 Å². The van der Waals surface area contributed by atoms with Crippen molar-refractivity contribution in [3.05, 3.63) is 0 Å². The summed E-state index contributed by atoms with van der Waals surface area (Å²) < 4.78 is 34.1. The lowest BCUT2D eigenvalue weighted by Crippen LogP contribution is -2.58. The molecule has 0 aromatic heterocycles. The van der Waals surface area contributed by atoms with E-state index in [1.165, 1.54) is 32.1 Å². The summed E-state index contributed by atoms with van der Waals surface area (Å²) in [4.78, 5) is 0. The molecule has 0 radical (unpaired) electrons. The van der Waals surface area contributed by atoms with Gasteiger partial charge in [0.15, 0.2) is 0 Å². The Balaban J connectivity index is 1.86. The molecule has 20 heavy (non-hydrogen) atoms. The summed E-state index contributed by atoms with van der Waals surface area (Å²) in [6.07, 6.45) is 7.89. The van der Waals surface area contributed by atoms with Gasteiger partial charge in [-0.3, -0.25) is 0 Å². The standard InChI is InChI=1S/C13H27N3O3S/c1-19-10-9-15-20(17,18)16-12-5-8-14-13(11-12)6-3-2-4-7-13/h12,14-16H,2-11H2,1H3. The second-order valence-electron chi connectivity index (χ2n) is 5.97. The van der Waals surface area contributed by atoms with Crippen LogP contribution in [-0.2, 0) is 14.9 Å². The number of piperidine rings is 1. The van der Waals surface area contributed by atoms with Crippen molar-refractivity contribution in [3.8, 4) is 0 Å². The molecule has 2 fully saturated rings. The monoisotopic (exact) mass is 305 g/mol. The van der Waals surface area contributed by atoms with Gasteiger partial charge >= 0.3 is 0 Å². The minimum atomic E-state index is -3.42. The van der Waals surface area contributed by atoms with Gasteiger partial charge in [-0.15, -0.1) is 0 Å². The fraction of sp³-hybridized carbons (Fsp3) is 1.00. The third-order valence-corrected chi connectivity index (χ3v) is 5.59. The van der Waals surface area contributed by atoms with Crippen LogP contribution in [0, 0.1) is 0 Å². The van der Waals surface area contributed by atoms with Crippen molar-refractivity contribution in [2.75, 3.05) is 26.8 Å². The fourth-order valence-electron chi connectivity index (χ4n) is 3.41. The lowest BCUT2D eigenvalue weighted by atomic mass is 9.75. The maximum atomic E-state index is 11.9. The quantitative estimate of drug-likeness (QED) is 0.625. The van der Waals surface area contributed by atoms with Crippen molar-refractivity contribution in [2.45, 2.75) is 56.5 Å². The van der Waals surface area contributed by atoms with Crippen molar-refractivity contribution in [2.24, 2.45) is 0 Å². The molecule has 0 amide bonds. The Bertz CT molecular complexity index is 388. The van der Waals surface area contributed by atoms with E-state index in [0.717, 1.165) is 19.4 Å². The van der Waals surface area contributed by atoms with Gasteiger partial charge in [0.2, 0.25) is 0 Å². The van der Waals surface area contributed by atoms with Crippen LogP contribution in [0.2, 0.25) is 0 Å². The van der Waals surface area contributed by atoms with Gasteiger partial charge in [-0.2, -0.15) is 17.9 Å². The van der Waals surface area contributed by atoms with Crippen LogP contribution in [0.25, 0.3) is 0 Å². The molecule has 2 rings (SSSR count). The maximum Gasteiger partial charge on any atom is 0.277 e. The number of methoxy groups -OCH3 is 1. The van der Waals surface area contributed by atoms with E-state index in [-0.39, 0.29) is 11.6 Å². The molecule has 1 atom stereocenters. The molecule has 1 unspecified atom stereocenters. The van der Waals surface area contributed by atoms with Crippen molar-refractivity contribution in [3.63, 3.8) is 0 Å². The highest BCUT2D eigenvalue weighted by molar-refractivity contribution is 7.87. The minimum absolute atomic E-state index is 0.0365. The first-order valence-electron chi connectivity index (χ1n) is 7.56. The van der Waals surface area contributed by atoms with Crippen LogP contribution in [0.1, 0.15) is 44.9 Å². The van der Waals surface area contributed by atoms with E-state index >= 15 is 0 Å². The van der Waals surface area contributed by atoms with E-state index in [0.29, 0.717) is 13.2 Å². The number of rotatable bonds is 6. The van der Waals surface area contributed by atoms with Crippen LogP contribution in [0.3, 0.4) is 0 Å². The highest BCUT2D eigenvalue weighted by atomic mass is 32.2. The van der Waals surface area contributed by atoms with E-state index < -0.39 is 10.2 Å². The second-order valence-corrected chi connectivity index (χ2v) is 7.50. The highest BCUT2D eigenvalue weighted by Gasteiger charge is 2.37. The summed E-state index contributed by atoms with van der Waals surface area (Å²) in [5.74, 6) is 0. The first-order valence-corrected chi connectivity index (χ1v) is 9.04. The third-order valence-electron chi connectivity index (χ3n) is 4.36. The van der Waals surface area contributed by atoms with Gasteiger partial charge in [0.1, 0.15) is 0 Å². The Kier molecular flexibility index (Phi) is 5.80. The Labute approximate surface area is 122 Å². The predicted octanol–water partition coefficient (Wildman–Crippen LogP) is 0.512. The summed E-state index contributed by atoms with van der Waals surface area (Å²) >= 11 is 0. The molecule has 1 spiro atoms. The zero-order valence-corrected chi connectivity index (χ0v) is 13.1. The molecule has 1 aliphatic carbocycles. The Morgan fingerprint density at radius 1 is 1.30 bits per heavy atom.